The average molecular weight is 376 g/mol. The molecule has 0 saturated carbocycles. The van der Waals surface area contributed by atoms with Crippen LogP contribution >= 0.6 is 11.6 Å². The van der Waals surface area contributed by atoms with Gasteiger partial charge < -0.3 is 9.80 Å². The molecule has 7 heteroatoms. The zero-order chi connectivity index (χ0) is 18.8. The first-order valence-corrected chi connectivity index (χ1v) is 8.65. The minimum Gasteiger partial charge on any atom is -0.341 e. The van der Waals surface area contributed by atoms with Gasteiger partial charge in [-0.15, -0.1) is 0 Å². The van der Waals surface area contributed by atoms with E-state index in [1.165, 1.54) is 11.0 Å². The zero-order valence-electron chi connectivity index (χ0n) is 14.6. The third kappa shape index (κ3) is 3.85. The van der Waals surface area contributed by atoms with Crippen molar-refractivity contribution in [2.24, 2.45) is 5.92 Å². The summed E-state index contributed by atoms with van der Waals surface area (Å²) >= 11 is 5.76. The second-order valence-electron chi connectivity index (χ2n) is 6.54. The summed E-state index contributed by atoms with van der Waals surface area (Å²) in [5, 5.41) is 0.389. The molecule has 1 aromatic carbocycles. The highest BCUT2D eigenvalue weighted by atomic mass is 35.5. The quantitative estimate of drug-likeness (QED) is 0.771. The Balaban J connectivity index is 1.69. The normalized spacial score (nSPS) is 16.8. The number of aromatic nitrogens is 1. The van der Waals surface area contributed by atoms with Gasteiger partial charge in [0.2, 0.25) is 11.8 Å². The number of hydrogen-bond donors (Lipinski definition) is 0. The van der Waals surface area contributed by atoms with Gasteiger partial charge in [-0.05, 0) is 36.2 Å². The highest BCUT2D eigenvalue weighted by molar-refractivity contribution is 6.29. The van der Waals surface area contributed by atoms with Gasteiger partial charge in [-0.25, -0.2) is 9.37 Å². The molecule has 0 N–H and O–H groups in total. The van der Waals surface area contributed by atoms with E-state index in [4.69, 9.17) is 11.6 Å². The Bertz CT molecular complexity index is 841. The molecule has 2 aromatic rings. The summed E-state index contributed by atoms with van der Waals surface area (Å²) < 4.78 is 14.2. The number of halogens is 2. The summed E-state index contributed by atoms with van der Waals surface area (Å²) in [6, 6.07) is 8.18. The molecule has 0 bridgehead atoms. The van der Waals surface area contributed by atoms with Crippen LogP contribution in [0.2, 0.25) is 5.15 Å². The lowest BCUT2D eigenvalue weighted by atomic mass is 10.1. The van der Waals surface area contributed by atoms with Gasteiger partial charge in [-0.3, -0.25) is 9.59 Å². The van der Waals surface area contributed by atoms with Crippen molar-refractivity contribution in [3.05, 3.63) is 58.6 Å². The van der Waals surface area contributed by atoms with Crippen molar-refractivity contribution in [3.63, 3.8) is 0 Å². The number of aryl methyl sites for hydroxylation is 1. The number of hydrogen-bond acceptors (Lipinski definition) is 3. The Kier molecular flexibility index (Phi) is 5.23. The van der Waals surface area contributed by atoms with Gasteiger partial charge in [0.1, 0.15) is 11.0 Å². The summed E-state index contributed by atoms with van der Waals surface area (Å²) in [6.45, 7) is 2.33. The maximum Gasteiger partial charge on any atom is 0.228 e. The Labute approximate surface area is 156 Å². The summed E-state index contributed by atoms with van der Waals surface area (Å²) in [6.07, 6.45) is 1.69. The lowest BCUT2D eigenvalue weighted by Crippen LogP contribution is -2.34. The molecule has 136 valence electrons. The van der Waals surface area contributed by atoms with E-state index in [0.717, 1.165) is 11.1 Å². The van der Waals surface area contributed by atoms with Crippen molar-refractivity contribution < 1.29 is 14.0 Å². The third-order valence-corrected chi connectivity index (χ3v) is 4.68. The maximum absolute atomic E-state index is 14.2. The molecule has 1 saturated heterocycles. The maximum atomic E-state index is 14.2. The number of carbonyl (C=O) groups is 2. The molecule has 1 aliphatic rings. The number of amides is 2. The third-order valence-electron chi connectivity index (χ3n) is 4.45. The Morgan fingerprint density at radius 2 is 2.15 bits per heavy atom. The molecule has 2 amide bonds. The summed E-state index contributed by atoms with van der Waals surface area (Å²) in [5.74, 6) is -1.34. The SMILES string of the molecule is Cc1ccc(N2CC(C(=O)N(C)Cc3ccc(Cl)nc3)CC2=O)c(F)c1. The van der Waals surface area contributed by atoms with Crippen molar-refractivity contribution in [2.45, 2.75) is 19.9 Å². The molecule has 0 radical (unpaired) electrons. The molecule has 1 fully saturated rings. The average Bonchev–Trinajstić information content (AvgIpc) is 2.98. The monoisotopic (exact) mass is 375 g/mol. The second kappa shape index (κ2) is 7.41. The molecule has 0 aliphatic carbocycles. The van der Waals surface area contributed by atoms with Crippen LogP contribution in [0.15, 0.2) is 36.5 Å². The van der Waals surface area contributed by atoms with E-state index in [2.05, 4.69) is 4.98 Å². The Hall–Kier alpha value is -2.47. The first kappa shape index (κ1) is 18.3. The Morgan fingerprint density at radius 1 is 1.38 bits per heavy atom. The highest BCUT2D eigenvalue weighted by Crippen LogP contribution is 2.29. The van der Waals surface area contributed by atoms with Crippen molar-refractivity contribution >= 4 is 29.1 Å². The molecule has 1 atom stereocenters. The summed E-state index contributed by atoms with van der Waals surface area (Å²) in [5.41, 5.74) is 1.85. The van der Waals surface area contributed by atoms with E-state index in [1.54, 1.807) is 49.3 Å². The number of rotatable bonds is 4. The van der Waals surface area contributed by atoms with E-state index >= 15 is 0 Å². The molecule has 1 unspecified atom stereocenters. The van der Waals surface area contributed by atoms with Gasteiger partial charge in [0.05, 0.1) is 11.6 Å². The van der Waals surface area contributed by atoms with Crippen LogP contribution in [0.25, 0.3) is 0 Å². The first-order valence-electron chi connectivity index (χ1n) is 8.27. The largest absolute Gasteiger partial charge is 0.341 e. The standard InChI is InChI=1S/C19H19ClFN3O2/c1-12-3-5-16(15(21)7-12)24-11-14(8-18(24)25)19(26)23(2)10-13-4-6-17(20)22-9-13/h3-7,9,14H,8,10-11H2,1-2H3. The van der Waals surface area contributed by atoms with Crippen LogP contribution in [0.3, 0.4) is 0 Å². The van der Waals surface area contributed by atoms with E-state index in [1.807, 2.05) is 0 Å². The van der Waals surface area contributed by atoms with Crippen LogP contribution in [0.5, 0.6) is 0 Å². The number of pyridine rings is 1. The molecular formula is C19H19ClFN3O2. The fourth-order valence-corrected chi connectivity index (χ4v) is 3.21. The van der Waals surface area contributed by atoms with Crippen LogP contribution < -0.4 is 4.90 Å². The minimum atomic E-state index is -0.492. The van der Waals surface area contributed by atoms with E-state index in [9.17, 15) is 14.0 Å². The van der Waals surface area contributed by atoms with Crippen LogP contribution in [0, 0.1) is 18.7 Å². The van der Waals surface area contributed by atoms with Crippen LogP contribution in [0.4, 0.5) is 10.1 Å². The van der Waals surface area contributed by atoms with Gasteiger partial charge in [-0.2, -0.15) is 0 Å². The first-order chi connectivity index (χ1) is 12.3. The topological polar surface area (TPSA) is 53.5 Å². The summed E-state index contributed by atoms with van der Waals surface area (Å²) in [7, 11) is 1.68. The molecule has 1 aromatic heterocycles. The van der Waals surface area contributed by atoms with Crippen molar-refractivity contribution in [1.29, 1.82) is 0 Å². The molecule has 26 heavy (non-hydrogen) atoms. The van der Waals surface area contributed by atoms with Gasteiger partial charge in [0.25, 0.3) is 0 Å². The smallest absolute Gasteiger partial charge is 0.228 e. The van der Waals surface area contributed by atoms with Gasteiger partial charge in [0.15, 0.2) is 0 Å². The lowest BCUT2D eigenvalue weighted by Gasteiger charge is -2.22. The number of benzene rings is 1. The number of anilines is 1. The fraction of sp³-hybridized carbons (Fsp3) is 0.316. The van der Waals surface area contributed by atoms with Crippen LogP contribution in [0.1, 0.15) is 17.5 Å². The van der Waals surface area contributed by atoms with E-state index in [-0.39, 0.29) is 30.5 Å². The van der Waals surface area contributed by atoms with Crippen molar-refractivity contribution in [2.75, 3.05) is 18.5 Å². The minimum absolute atomic E-state index is 0.0787. The van der Waals surface area contributed by atoms with E-state index in [0.29, 0.717) is 11.7 Å². The van der Waals surface area contributed by atoms with Gasteiger partial charge in [0, 0.05) is 32.8 Å². The molecule has 2 heterocycles. The van der Waals surface area contributed by atoms with E-state index < -0.39 is 11.7 Å². The van der Waals surface area contributed by atoms with Gasteiger partial charge >= 0.3 is 0 Å². The molecule has 0 spiro atoms. The molecule has 3 rings (SSSR count). The fourth-order valence-electron chi connectivity index (χ4n) is 3.10. The molecule has 1 aliphatic heterocycles. The van der Waals surface area contributed by atoms with Crippen molar-refractivity contribution in [3.8, 4) is 0 Å². The lowest BCUT2D eigenvalue weighted by molar-refractivity contribution is -0.135. The predicted molar refractivity (Wildman–Crippen MR) is 97.3 cm³/mol. The summed E-state index contributed by atoms with van der Waals surface area (Å²) in [4.78, 5) is 31.9. The molecular weight excluding hydrogens is 357 g/mol. The zero-order valence-corrected chi connectivity index (χ0v) is 15.3. The second-order valence-corrected chi connectivity index (χ2v) is 6.93. The van der Waals surface area contributed by atoms with Crippen LogP contribution in [-0.2, 0) is 16.1 Å². The Morgan fingerprint density at radius 3 is 2.81 bits per heavy atom. The predicted octanol–water partition coefficient (Wildman–Crippen LogP) is 3.19. The van der Waals surface area contributed by atoms with Crippen molar-refractivity contribution in [1.82, 2.24) is 9.88 Å². The van der Waals surface area contributed by atoms with Gasteiger partial charge in [-0.1, -0.05) is 23.7 Å². The molecule has 5 nitrogen and oxygen atoms in total. The highest BCUT2D eigenvalue weighted by Gasteiger charge is 2.37. The van der Waals surface area contributed by atoms with Crippen LogP contribution in [-0.4, -0.2) is 35.3 Å². The number of nitrogens with zero attached hydrogens (tertiary/aromatic N) is 3. The number of carbonyl (C=O) groups excluding carboxylic acids is 2.